The van der Waals surface area contributed by atoms with Crippen LogP contribution in [0.25, 0.3) is 0 Å². The fourth-order valence-electron chi connectivity index (χ4n) is 1.50. The Hall–Kier alpha value is -2.25. The molecule has 94 valence electrons. The van der Waals surface area contributed by atoms with E-state index in [1.807, 2.05) is 0 Å². The van der Waals surface area contributed by atoms with Crippen LogP contribution in [-0.4, -0.2) is 45.8 Å². The molecule has 1 heterocycles. The van der Waals surface area contributed by atoms with Crippen LogP contribution >= 0.6 is 0 Å². The van der Waals surface area contributed by atoms with E-state index in [1.54, 1.807) is 12.1 Å². The van der Waals surface area contributed by atoms with E-state index < -0.39 is 30.5 Å². The lowest BCUT2D eigenvalue weighted by molar-refractivity contribution is -0.160. The maximum Gasteiger partial charge on any atom is 0.335 e. The van der Waals surface area contributed by atoms with Crippen molar-refractivity contribution in [3.05, 3.63) is 35.4 Å². The predicted octanol–water partition coefficient (Wildman–Crippen LogP) is -0.340. The Labute approximate surface area is 101 Å². The van der Waals surface area contributed by atoms with Crippen molar-refractivity contribution in [3.63, 3.8) is 0 Å². The van der Waals surface area contributed by atoms with Gasteiger partial charge in [0.25, 0.3) is 11.8 Å². The molecule has 0 saturated carbocycles. The molecule has 1 aromatic rings. The molecule has 0 saturated heterocycles. The zero-order chi connectivity index (χ0) is 13.3. The highest BCUT2D eigenvalue weighted by molar-refractivity contribution is 6.20. The van der Waals surface area contributed by atoms with Gasteiger partial charge in [0.15, 0.2) is 6.10 Å². The van der Waals surface area contributed by atoms with Gasteiger partial charge in [-0.05, 0) is 12.1 Å². The predicted molar refractivity (Wildman–Crippen MR) is 56.5 cm³/mol. The quantitative estimate of drug-likeness (QED) is 0.709. The van der Waals surface area contributed by atoms with E-state index in [9.17, 15) is 14.4 Å². The third-order valence-corrected chi connectivity index (χ3v) is 2.40. The summed E-state index contributed by atoms with van der Waals surface area (Å²) in [5.74, 6) is -2.84. The summed E-state index contributed by atoms with van der Waals surface area (Å²) in [5, 5.41) is 17.9. The van der Waals surface area contributed by atoms with Gasteiger partial charge >= 0.3 is 5.97 Å². The third kappa shape index (κ3) is 1.96. The van der Waals surface area contributed by atoms with Crippen LogP contribution < -0.4 is 0 Å². The number of carboxylic acid groups (broad SMARTS) is 1. The number of aliphatic hydroxyl groups excluding tert-OH is 1. The van der Waals surface area contributed by atoms with Crippen molar-refractivity contribution in [2.75, 3.05) is 6.61 Å². The van der Waals surface area contributed by atoms with Gasteiger partial charge in [-0.25, -0.2) is 4.79 Å². The number of amides is 2. The molecule has 7 heteroatoms. The number of carboxylic acids is 1. The summed E-state index contributed by atoms with van der Waals surface area (Å²) >= 11 is 0. The van der Waals surface area contributed by atoms with Gasteiger partial charge in [-0.3, -0.25) is 14.4 Å². The number of carbonyl (C=O) groups excluding carboxylic acids is 2. The van der Waals surface area contributed by atoms with E-state index in [1.165, 1.54) is 12.1 Å². The summed E-state index contributed by atoms with van der Waals surface area (Å²) in [7, 11) is 0. The van der Waals surface area contributed by atoms with Crippen molar-refractivity contribution in [2.45, 2.75) is 6.10 Å². The highest BCUT2D eigenvalue weighted by Crippen LogP contribution is 2.22. The van der Waals surface area contributed by atoms with E-state index in [0.717, 1.165) is 0 Å². The number of hydrogen-bond acceptors (Lipinski definition) is 5. The molecular weight excluding hydrogens is 242 g/mol. The smallest absolute Gasteiger partial charge is 0.335 e. The minimum absolute atomic E-state index is 0.187. The molecule has 1 atom stereocenters. The Morgan fingerprint density at radius 1 is 1.22 bits per heavy atom. The number of carbonyl (C=O) groups is 3. The first-order valence-corrected chi connectivity index (χ1v) is 5.04. The zero-order valence-electron chi connectivity index (χ0n) is 9.07. The second-order valence-electron chi connectivity index (χ2n) is 3.60. The van der Waals surface area contributed by atoms with Crippen LogP contribution in [0.1, 0.15) is 20.7 Å². The molecular formula is C11H9NO6. The summed E-state index contributed by atoms with van der Waals surface area (Å²) in [6, 6.07) is 6.12. The molecule has 7 nitrogen and oxygen atoms in total. The van der Waals surface area contributed by atoms with Crippen molar-refractivity contribution in [2.24, 2.45) is 0 Å². The van der Waals surface area contributed by atoms with Gasteiger partial charge in [-0.1, -0.05) is 12.1 Å². The summed E-state index contributed by atoms with van der Waals surface area (Å²) < 4.78 is 0. The van der Waals surface area contributed by atoms with Crippen LogP contribution in [0.4, 0.5) is 0 Å². The minimum atomic E-state index is -1.80. The second-order valence-corrected chi connectivity index (χ2v) is 3.60. The number of aliphatic hydroxyl groups is 1. The van der Waals surface area contributed by atoms with Gasteiger partial charge in [-0.15, -0.1) is 5.06 Å². The molecule has 1 unspecified atom stereocenters. The normalized spacial score (nSPS) is 15.7. The van der Waals surface area contributed by atoms with E-state index in [-0.39, 0.29) is 11.1 Å². The van der Waals surface area contributed by atoms with Crippen LogP contribution in [0.2, 0.25) is 0 Å². The van der Waals surface area contributed by atoms with Crippen molar-refractivity contribution in [3.8, 4) is 0 Å². The lowest BCUT2D eigenvalue weighted by Crippen LogP contribution is -2.35. The highest BCUT2D eigenvalue weighted by atomic mass is 16.7. The number of benzene rings is 1. The maximum atomic E-state index is 11.7. The van der Waals surface area contributed by atoms with E-state index in [2.05, 4.69) is 0 Å². The Bertz CT molecular complexity index is 491. The largest absolute Gasteiger partial charge is 0.479 e. The number of aliphatic carboxylic acids is 1. The summed E-state index contributed by atoms with van der Waals surface area (Å²) in [6.07, 6.45) is -1.80. The van der Waals surface area contributed by atoms with Crippen molar-refractivity contribution in [1.29, 1.82) is 0 Å². The first-order chi connectivity index (χ1) is 8.52. The summed E-state index contributed by atoms with van der Waals surface area (Å²) in [4.78, 5) is 38.6. The van der Waals surface area contributed by atoms with Crippen molar-refractivity contribution in [1.82, 2.24) is 5.06 Å². The molecule has 0 bridgehead atoms. The van der Waals surface area contributed by atoms with Gasteiger partial charge in [0, 0.05) is 0 Å². The number of imide groups is 1. The fourth-order valence-corrected chi connectivity index (χ4v) is 1.50. The molecule has 18 heavy (non-hydrogen) atoms. The Balaban J connectivity index is 2.12. The average molecular weight is 251 g/mol. The first-order valence-electron chi connectivity index (χ1n) is 5.04. The number of rotatable bonds is 4. The van der Waals surface area contributed by atoms with Crippen LogP contribution in [0, 0.1) is 0 Å². The van der Waals surface area contributed by atoms with Crippen LogP contribution in [-0.2, 0) is 9.63 Å². The van der Waals surface area contributed by atoms with Gasteiger partial charge in [0.05, 0.1) is 11.1 Å². The molecule has 2 N–H and O–H groups in total. The number of hydroxylamine groups is 2. The van der Waals surface area contributed by atoms with Gasteiger partial charge in [-0.2, -0.15) is 0 Å². The Morgan fingerprint density at radius 2 is 1.72 bits per heavy atom. The number of hydrogen-bond donors (Lipinski definition) is 2. The SMILES string of the molecule is O=C(O)C(O)CON1C(=O)c2ccccc2C1=O. The van der Waals surface area contributed by atoms with Gasteiger partial charge in [0.1, 0.15) is 6.61 Å². The molecule has 0 spiro atoms. The van der Waals surface area contributed by atoms with E-state index in [0.29, 0.717) is 5.06 Å². The number of fused-ring (bicyclic) bond motifs is 1. The standard InChI is InChI=1S/C11H9NO6/c13-8(11(16)17)5-18-12-9(14)6-3-1-2-4-7(6)10(12)15/h1-4,8,13H,5H2,(H,16,17). The Kier molecular flexibility index (Phi) is 3.09. The topological polar surface area (TPSA) is 104 Å². The van der Waals surface area contributed by atoms with Crippen molar-refractivity contribution >= 4 is 17.8 Å². The van der Waals surface area contributed by atoms with Crippen LogP contribution in [0.3, 0.4) is 0 Å². The first kappa shape index (κ1) is 12.2. The molecule has 0 aliphatic carbocycles. The molecule has 0 radical (unpaired) electrons. The zero-order valence-corrected chi connectivity index (χ0v) is 9.07. The summed E-state index contributed by atoms with van der Waals surface area (Å²) in [5.41, 5.74) is 0.375. The summed E-state index contributed by atoms with van der Waals surface area (Å²) in [6.45, 7) is -0.680. The molecule has 1 aliphatic heterocycles. The molecule has 1 aromatic carbocycles. The second kappa shape index (κ2) is 4.55. The van der Waals surface area contributed by atoms with E-state index in [4.69, 9.17) is 15.1 Å². The lowest BCUT2D eigenvalue weighted by Gasteiger charge is -2.14. The molecule has 2 amide bonds. The average Bonchev–Trinajstić information content (AvgIpc) is 2.60. The molecule has 1 aliphatic rings. The molecule has 0 aromatic heterocycles. The van der Waals surface area contributed by atoms with Crippen LogP contribution in [0.5, 0.6) is 0 Å². The Morgan fingerprint density at radius 3 is 2.17 bits per heavy atom. The van der Waals surface area contributed by atoms with Gasteiger partial charge < -0.3 is 10.2 Å². The maximum absolute atomic E-state index is 11.7. The monoisotopic (exact) mass is 251 g/mol. The van der Waals surface area contributed by atoms with Gasteiger partial charge in [0.2, 0.25) is 0 Å². The molecule has 2 rings (SSSR count). The third-order valence-electron chi connectivity index (χ3n) is 2.40. The minimum Gasteiger partial charge on any atom is -0.479 e. The van der Waals surface area contributed by atoms with Crippen molar-refractivity contribution < 1.29 is 29.4 Å². The van der Waals surface area contributed by atoms with Crippen LogP contribution in [0.15, 0.2) is 24.3 Å². The molecule has 0 fully saturated rings. The number of nitrogens with zero attached hydrogens (tertiary/aromatic N) is 1. The highest BCUT2D eigenvalue weighted by Gasteiger charge is 2.37. The van der Waals surface area contributed by atoms with E-state index >= 15 is 0 Å². The lowest BCUT2D eigenvalue weighted by atomic mass is 10.1. The fraction of sp³-hybridized carbons (Fsp3) is 0.182.